The van der Waals surface area contributed by atoms with Crippen LogP contribution in [0.5, 0.6) is 0 Å². The normalized spacial score (nSPS) is 10.6. The van der Waals surface area contributed by atoms with E-state index in [1.807, 2.05) is 0 Å². The zero-order valence-electron chi connectivity index (χ0n) is 15.0. The highest BCUT2D eigenvalue weighted by Crippen LogP contribution is 2.20. The van der Waals surface area contributed by atoms with E-state index in [1.54, 1.807) is 0 Å². The van der Waals surface area contributed by atoms with Crippen LogP contribution >= 0.6 is 15.9 Å². The molecule has 0 aliphatic carbocycles. The molecule has 0 atom stereocenters. The maximum Gasteiger partial charge on any atom is 0.306 e. The molecule has 1 aromatic carbocycles. The van der Waals surface area contributed by atoms with Crippen LogP contribution in [0.1, 0.15) is 63.9 Å². The van der Waals surface area contributed by atoms with Crippen molar-refractivity contribution in [2.75, 3.05) is 6.61 Å². The number of esters is 2. The topological polar surface area (TPSA) is 52.6 Å². The predicted octanol–water partition coefficient (Wildman–Crippen LogP) is 5.45. The summed E-state index contributed by atoms with van der Waals surface area (Å²) in [5.74, 6) is -2.79. The predicted molar refractivity (Wildman–Crippen MR) is 97.4 cm³/mol. The summed E-state index contributed by atoms with van der Waals surface area (Å²) < 4.78 is 37.3. The number of halogens is 3. The number of hydrogen-bond acceptors (Lipinski definition) is 4. The van der Waals surface area contributed by atoms with Crippen molar-refractivity contribution in [1.82, 2.24) is 0 Å². The van der Waals surface area contributed by atoms with Gasteiger partial charge in [-0.3, -0.25) is 9.59 Å². The van der Waals surface area contributed by atoms with Crippen molar-refractivity contribution in [3.05, 3.63) is 33.8 Å². The molecule has 26 heavy (non-hydrogen) atoms. The van der Waals surface area contributed by atoms with Crippen molar-refractivity contribution in [3.63, 3.8) is 0 Å². The molecule has 0 aromatic heterocycles. The van der Waals surface area contributed by atoms with Crippen LogP contribution in [0, 0.1) is 11.6 Å². The van der Waals surface area contributed by atoms with E-state index in [2.05, 4.69) is 22.9 Å². The highest BCUT2D eigenvalue weighted by atomic mass is 79.9. The van der Waals surface area contributed by atoms with Crippen molar-refractivity contribution in [1.29, 1.82) is 0 Å². The van der Waals surface area contributed by atoms with Gasteiger partial charge in [-0.1, -0.05) is 55.0 Å². The summed E-state index contributed by atoms with van der Waals surface area (Å²) in [5, 5.41) is 0. The summed E-state index contributed by atoms with van der Waals surface area (Å²) in [7, 11) is 0. The second-order valence-corrected chi connectivity index (χ2v) is 6.91. The fourth-order valence-corrected chi connectivity index (χ4v) is 2.68. The largest absolute Gasteiger partial charge is 0.466 e. The van der Waals surface area contributed by atoms with Gasteiger partial charge in [0.05, 0.1) is 25.0 Å². The number of unbranched alkanes of at least 4 members (excludes halogenated alkanes) is 5. The molecule has 1 rings (SSSR count). The average Bonchev–Trinajstić information content (AvgIpc) is 2.58. The fraction of sp³-hybridized carbons (Fsp3) is 0.579. The van der Waals surface area contributed by atoms with Crippen LogP contribution in [0.25, 0.3) is 0 Å². The third kappa shape index (κ3) is 9.27. The van der Waals surface area contributed by atoms with Crippen LogP contribution in [0.4, 0.5) is 8.78 Å². The molecule has 0 amide bonds. The van der Waals surface area contributed by atoms with E-state index in [1.165, 1.54) is 19.3 Å². The standard InChI is InChI=1S/C19H25BrF2O4/c1-2-3-4-5-6-7-10-25-18(23)8-9-19(24)26-13-15-16(21)11-14(20)12-17(15)22/h11-12H,2-10,13H2,1H3. The SMILES string of the molecule is CCCCCCCCOC(=O)CCC(=O)OCc1c(F)cc(Br)cc1F. The first-order chi connectivity index (χ1) is 12.4. The quantitative estimate of drug-likeness (QED) is 0.324. The van der Waals surface area contributed by atoms with E-state index in [9.17, 15) is 18.4 Å². The zero-order valence-corrected chi connectivity index (χ0v) is 16.6. The second-order valence-electron chi connectivity index (χ2n) is 6.00. The second kappa shape index (κ2) is 12.8. The molecule has 0 fully saturated rings. The molecule has 0 spiro atoms. The molecule has 4 nitrogen and oxygen atoms in total. The minimum absolute atomic E-state index is 0.111. The summed E-state index contributed by atoms with van der Waals surface area (Å²) in [6, 6.07) is 2.18. The van der Waals surface area contributed by atoms with Gasteiger partial charge in [-0.05, 0) is 18.6 Å². The highest BCUT2D eigenvalue weighted by molar-refractivity contribution is 9.10. The van der Waals surface area contributed by atoms with Crippen molar-refractivity contribution < 1.29 is 27.8 Å². The van der Waals surface area contributed by atoms with E-state index >= 15 is 0 Å². The van der Waals surface area contributed by atoms with Gasteiger partial charge in [0.2, 0.25) is 0 Å². The Morgan fingerprint density at radius 1 is 0.923 bits per heavy atom. The van der Waals surface area contributed by atoms with E-state index < -0.39 is 30.2 Å². The molecule has 0 unspecified atom stereocenters. The number of benzene rings is 1. The third-order valence-corrected chi connectivity index (χ3v) is 4.24. The lowest BCUT2D eigenvalue weighted by molar-refractivity contribution is -0.151. The summed E-state index contributed by atoms with van der Waals surface area (Å²) >= 11 is 2.97. The maximum absolute atomic E-state index is 13.6. The van der Waals surface area contributed by atoms with E-state index in [0.29, 0.717) is 6.61 Å². The van der Waals surface area contributed by atoms with Gasteiger partial charge >= 0.3 is 11.9 Å². The molecule has 0 aliphatic heterocycles. The molecular formula is C19H25BrF2O4. The van der Waals surface area contributed by atoms with Crippen molar-refractivity contribution in [2.24, 2.45) is 0 Å². The first-order valence-corrected chi connectivity index (χ1v) is 9.68. The minimum atomic E-state index is -0.803. The van der Waals surface area contributed by atoms with Crippen LogP contribution in [0.15, 0.2) is 16.6 Å². The Labute approximate surface area is 161 Å². The third-order valence-electron chi connectivity index (χ3n) is 3.78. The maximum atomic E-state index is 13.6. The van der Waals surface area contributed by atoms with Crippen LogP contribution in [0.3, 0.4) is 0 Å². The summed E-state index contributed by atoms with van der Waals surface area (Å²) in [5.41, 5.74) is -0.327. The fourth-order valence-electron chi connectivity index (χ4n) is 2.28. The zero-order chi connectivity index (χ0) is 19.4. The van der Waals surface area contributed by atoms with Crippen molar-refractivity contribution in [3.8, 4) is 0 Å². The number of ether oxygens (including phenoxy) is 2. The van der Waals surface area contributed by atoms with Gasteiger partial charge in [0.1, 0.15) is 18.2 Å². The van der Waals surface area contributed by atoms with Crippen molar-refractivity contribution in [2.45, 2.75) is 64.9 Å². The first kappa shape index (κ1) is 22.5. The Kier molecular flexibility index (Phi) is 11.1. The minimum Gasteiger partial charge on any atom is -0.466 e. The van der Waals surface area contributed by atoms with Crippen LogP contribution in [-0.2, 0) is 25.7 Å². The smallest absolute Gasteiger partial charge is 0.306 e. The van der Waals surface area contributed by atoms with Gasteiger partial charge in [-0.25, -0.2) is 8.78 Å². The van der Waals surface area contributed by atoms with Gasteiger partial charge in [0.25, 0.3) is 0 Å². The van der Waals surface area contributed by atoms with Gasteiger partial charge < -0.3 is 9.47 Å². The Balaban J connectivity index is 2.17. The summed E-state index contributed by atoms with van der Waals surface area (Å²) in [6.07, 6.45) is 6.25. The van der Waals surface area contributed by atoms with Gasteiger partial charge in [-0.15, -0.1) is 0 Å². The van der Waals surface area contributed by atoms with Crippen LogP contribution in [-0.4, -0.2) is 18.5 Å². The monoisotopic (exact) mass is 434 g/mol. The average molecular weight is 435 g/mol. The van der Waals surface area contributed by atoms with Gasteiger partial charge in [-0.2, -0.15) is 0 Å². The molecule has 0 N–H and O–H groups in total. The number of rotatable bonds is 12. The van der Waals surface area contributed by atoms with E-state index in [4.69, 9.17) is 9.47 Å². The Morgan fingerprint density at radius 3 is 2.08 bits per heavy atom. The Bertz CT molecular complexity index is 570. The molecule has 0 aliphatic rings. The molecule has 1 aromatic rings. The van der Waals surface area contributed by atoms with Gasteiger partial charge in [0, 0.05) is 4.47 Å². The Morgan fingerprint density at radius 2 is 1.46 bits per heavy atom. The van der Waals surface area contributed by atoms with E-state index in [-0.39, 0.29) is 22.9 Å². The first-order valence-electron chi connectivity index (χ1n) is 8.88. The van der Waals surface area contributed by atoms with Crippen molar-refractivity contribution >= 4 is 27.9 Å². The lowest BCUT2D eigenvalue weighted by Crippen LogP contribution is -2.12. The van der Waals surface area contributed by atoms with E-state index in [0.717, 1.165) is 31.4 Å². The van der Waals surface area contributed by atoms with Crippen LogP contribution < -0.4 is 0 Å². The van der Waals surface area contributed by atoms with Crippen LogP contribution in [0.2, 0.25) is 0 Å². The molecule has 0 heterocycles. The highest BCUT2D eigenvalue weighted by Gasteiger charge is 2.14. The molecular weight excluding hydrogens is 410 g/mol. The number of hydrogen-bond donors (Lipinski definition) is 0. The summed E-state index contributed by atoms with van der Waals surface area (Å²) in [6.45, 7) is 1.98. The molecule has 0 radical (unpaired) electrons. The number of carbonyl (C=O) groups is 2. The molecule has 0 bridgehead atoms. The Hall–Kier alpha value is -1.50. The molecule has 0 saturated carbocycles. The number of carbonyl (C=O) groups excluding carboxylic acids is 2. The molecule has 146 valence electrons. The molecule has 7 heteroatoms. The lowest BCUT2D eigenvalue weighted by atomic mass is 10.1. The molecule has 0 saturated heterocycles. The van der Waals surface area contributed by atoms with Gasteiger partial charge in [0.15, 0.2) is 0 Å². The lowest BCUT2D eigenvalue weighted by Gasteiger charge is -2.08. The summed E-state index contributed by atoms with van der Waals surface area (Å²) in [4.78, 5) is 23.2.